The number of hydrogen-bond donors (Lipinski definition) is 5. The largest absolute Gasteiger partial charge is 0.410 e. The van der Waals surface area contributed by atoms with Crippen molar-refractivity contribution in [1.29, 1.82) is 0 Å². The number of oxime groups is 1. The Labute approximate surface area is 131 Å². The lowest BCUT2D eigenvalue weighted by Crippen LogP contribution is -2.57. The Hall–Kier alpha value is -1.16. The number of aliphatic hydroxyl groups excluding tert-OH is 4. The molecule has 0 aromatic heterocycles. The first-order valence-corrected chi connectivity index (χ1v) is 7.66. The van der Waals surface area contributed by atoms with Crippen LogP contribution in [0.5, 0.6) is 0 Å². The maximum absolute atomic E-state index is 9.96. The second-order valence-corrected chi connectivity index (χ2v) is 6.14. The van der Waals surface area contributed by atoms with E-state index in [2.05, 4.69) is 5.16 Å². The van der Waals surface area contributed by atoms with Gasteiger partial charge in [0.25, 0.3) is 0 Å². The quantitative estimate of drug-likeness (QED) is 0.219. The topological polar surface area (TPSA) is 123 Å². The summed E-state index contributed by atoms with van der Waals surface area (Å²) in [6, 6.07) is 9.29. The third-order valence-electron chi connectivity index (χ3n) is 3.41. The summed E-state index contributed by atoms with van der Waals surface area (Å²) in [5, 5.41) is 51.1. The van der Waals surface area contributed by atoms with Crippen molar-refractivity contribution < 1.29 is 30.4 Å². The number of nitrogens with zero attached hydrogens (tertiary/aromatic N) is 1. The Bertz CT molecular complexity index is 497. The smallest absolute Gasteiger partial charge is 0.138 e. The highest BCUT2D eigenvalue weighted by molar-refractivity contribution is 8.14. The lowest BCUT2D eigenvalue weighted by molar-refractivity contribution is -0.205. The van der Waals surface area contributed by atoms with Crippen LogP contribution >= 0.6 is 11.8 Å². The lowest BCUT2D eigenvalue weighted by Gasteiger charge is -2.39. The van der Waals surface area contributed by atoms with E-state index in [0.717, 1.165) is 17.3 Å². The average Bonchev–Trinajstić information content (AvgIpc) is 2.55. The molecule has 0 spiro atoms. The molecule has 0 aliphatic carbocycles. The number of thioether (sulfide) groups is 1. The molecule has 0 amide bonds. The standard InChI is InChI=1S/C14H19NO6S/c16-7-9-11(17)12(18)13(19)14(21-9)22-10(15-20)6-8-4-2-1-3-5-8/h1-5,9,11-14,16-20H,6-7H2. The van der Waals surface area contributed by atoms with Gasteiger partial charge in [0.2, 0.25) is 0 Å². The highest BCUT2D eigenvalue weighted by Crippen LogP contribution is 2.30. The maximum Gasteiger partial charge on any atom is 0.138 e. The number of benzene rings is 1. The van der Waals surface area contributed by atoms with Crippen LogP contribution in [0.2, 0.25) is 0 Å². The molecule has 1 aromatic carbocycles. The van der Waals surface area contributed by atoms with Gasteiger partial charge in [-0.05, 0) is 5.56 Å². The van der Waals surface area contributed by atoms with Crippen molar-refractivity contribution in [2.75, 3.05) is 6.61 Å². The van der Waals surface area contributed by atoms with E-state index in [0.29, 0.717) is 6.42 Å². The Balaban J connectivity index is 2.04. The Kier molecular flexibility index (Phi) is 6.18. The first-order chi connectivity index (χ1) is 10.6. The molecule has 0 saturated carbocycles. The van der Waals surface area contributed by atoms with Crippen molar-refractivity contribution in [2.24, 2.45) is 5.16 Å². The monoisotopic (exact) mass is 329 g/mol. The highest BCUT2D eigenvalue weighted by atomic mass is 32.2. The molecule has 122 valence electrons. The van der Waals surface area contributed by atoms with Crippen LogP contribution in [-0.4, -0.2) is 67.1 Å². The lowest BCUT2D eigenvalue weighted by atomic mass is 10.0. The molecule has 1 fully saturated rings. The SMILES string of the molecule is OCC1OC(SC(Cc2ccccc2)=NO)C(O)C(O)C1O. The molecule has 22 heavy (non-hydrogen) atoms. The summed E-state index contributed by atoms with van der Waals surface area (Å²) in [5.41, 5.74) is -0.0439. The van der Waals surface area contributed by atoms with Crippen LogP contribution in [0, 0.1) is 0 Å². The van der Waals surface area contributed by atoms with Crippen molar-refractivity contribution in [1.82, 2.24) is 0 Å². The normalized spacial score (nSPS) is 32.9. The summed E-state index contributed by atoms with van der Waals surface area (Å²) >= 11 is 0.939. The molecule has 1 aliphatic rings. The van der Waals surface area contributed by atoms with Crippen LogP contribution < -0.4 is 0 Å². The van der Waals surface area contributed by atoms with Crippen LogP contribution in [0.3, 0.4) is 0 Å². The second kappa shape index (κ2) is 7.91. The third-order valence-corrected chi connectivity index (χ3v) is 4.53. The van der Waals surface area contributed by atoms with E-state index in [1.807, 2.05) is 30.3 Å². The summed E-state index contributed by atoms with van der Waals surface area (Å²) in [6.07, 6.45) is -4.86. The number of aliphatic hydroxyl groups is 4. The van der Waals surface area contributed by atoms with Crippen molar-refractivity contribution in [3.8, 4) is 0 Å². The molecular weight excluding hydrogens is 310 g/mol. The zero-order valence-corrected chi connectivity index (χ0v) is 12.5. The third kappa shape index (κ3) is 3.97. The maximum atomic E-state index is 9.96. The zero-order chi connectivity index (χ0) is 16.1. The van der Waals surface area contributed by atoms with Crippen LogP contribution in [0.15, 0.2) is 35.5 Å². The second-order valence-electron chi connectivity index (χ2n) is 4.97. The fourth-order valence-corrected chi connectivity index (χ4v) is 3.23. The average molecular weight is 329 g/mol. The van der Waals surface area contributed by atoms with Gasteiger partial charge in [-0.25, -0.2) is 0 Å². The molecule has 1 aliphatic heterocycles. The Morgan fingerprint density at radius 2 is 1.77 bits per heavy atom. The van der Waals surface area contributed by atoms with Gasteiger partial charge < -0.3 is 30.4 Å². The Morgan fingerprint density at radius 1 is 1.09 bits per heavy atom. The molecule has 8 heteroatoms. The molecule has 5 unspecified atom stereocenters. The van der Waals surface area contributed by atoms with Gasteiger partial charge >= 0.3 is 0 Å². The molecule has 7 nitrogen and oxygen atoms in total. The molecule has 1 aromatic rings. The van der Waals surface area contributed by atoms with Crippen molar-refractivity contribution in [3.05, 3.63) is 35.9 Å². The molecule has 5 N–H and O–H groups in total. The van der Waals surface area contributed by atoms with Crippen LogP contribution in [0.25, 0.3) is 0 Å². The van der Waals surface area contributed by atoms with Gasteiger partial charge in [0.1, 0.15) is 34.9 Å². The van der Waals surface area contributed by atoms with E-state index in [9.17, 15) is 15.3 Å². The van der Waals surface area contributed by atoms with Crippen molar-refractivity contribution >= 4 is 16.8 Å². The van der Waals surface area contributed by atoms with E-state index in [1.54, 1.807) is 0 Å². The predicted molar refractivity (Wildman–Crippen MR) is 80.7 cm³/mol. The van der Waals surface area contributed by atoms with Gasteiger partial charge in [-0.2, -0.15) is 0 Å². The molecule has 0 radical (unpaired) electrons. The van der Waals surface area contributed by atoms with Crippen LogP contribution in [0.1, 0.15) is 5.56 Å². The molecule has 2 rings (SSSR count). The summed E-state index contributed by atoms with van der Waals surface area (Å²) in [6.45, 7) is -0.494. The summed E-state index contributed by atoms with van der Waals surface area (Å²) in [7, 11) is 0. The van der Waals surface area contributed by atoms with Gasteiger partial charge in [-0.3, -0.25) is 0 Å². The molecule has 0 bridgehead atoms. The van der Waals surface area contributed by atoms with Gasteiger partial charge in [-0.15, -0.1) is 0 Å². The van der Waals surface area contributed by atoms with Crippen LogP contribution in [0.4, 0.5) is 0 Å². The fraction of sp³-hybridized carbons (Fsp3) is 0.500. The summed E-state index contributed by atoms with van der Waals surface area (Å²) < 4.78 is 5.36. The molecule has 1 heterocycles. The van der Waals surface area contributed by atoms with E-state index in [1.165, 1.54) is 0 Å². The van der Waals surface area contributed by atoms with Gasteiger partial charge in [0.05, 0.1) is 6.61 Å². The summed E-state index contributed by atoms with van der Waals surface area (Å²) in [4.78, 5) is 0. The first kappa shape index (κ1) is 17.2. The van der Waals surface area contributed by atoms with E-state index in [4.69, 9.17) is 15.1 Å². The van der Waals surface area contributed by atoms with Gasteiger partial charge in [0.15, 0.2) is 0 Å². The Morgan fingerprint density at radius 3 is 2.36 bits per heavy atom. The van der Waals surface area contributed by atoms with Crippen molar-refractivity contribution in [3.63, 3.8) is 0 Å². The number of hydrogen-bond acceptors (Lipinski definition) is 8. The van der Waals surface area contributed by atoms with Gasteiger partial charge in [-0.1, -0.05) is 47.2 Å². The number of rotatable bonds is 4. The number of ether oxygens (including phenoxy) is 1. The van der Waals surface area contributed by atoms with Crippen molar-refractivity contribution in [2.45, 2.75) is 36.3 Å². The van der Waals surface area contributed by atoms with Crippen LogP contribution in [-0.2, 0) is 11.2 Å². The minimum atomic E-state index is -1.44. The molecule has 5 atom stereocenters. The minimum Gasteiger partial charge on any atom is -0.410 e. The first-order valence-electron chi connectivity index (χ1n) is 6.79. The van der Waals surface area contributed by atoms with Gasteiger partial charge in [0, 0.05) is 6.42 Å². The summed E-state index contributed by atoms with van der Waals surface area (Å²) in [5.74, 6) is 0. The minimum absolute atomic E-state index is 0.288. The zero-order valence-electron chi connectivity index (χ0n) is 11.7. The highest BCUT2D eigenvalue weighted by Gasteiger charge is 2.44. The van der Waals surface area contributed by atoms with E-state index in [-0.39, 0.29) is 5.04 Å². The molecular formula is C14H19NO6S. The molecule has 1 saturated heterocycles. The predicted octanol–water partition coefficient (Wildman–Crippen LogP) is -0.450. The van der Waals surface area contributed by atoms with E-state index >= 15 is 0 Å². The fourth-order valence-electron chi connectivity index (χ4n) is 2.17. The van der Waals surface area contributed by atoms with E-state index < -0.39 is 36.5 Å².